The summed E-state index contributed by atoms with van der Waals surface area (Å²) in [6, 6.07) is 0.251. The molecule has 0 amide bonds. The number of hydrogen-bond donors (Lipinski definition) is 1. The Kier molecular flexibility index (Phi) is 2.74. The fraction of sp³-hybridized carbons (Fsp3) is 0.600. The predicted octanol–water partition coefficient (Wildman–Crippen LogP) is 0.604. The average molecular weight is 193 g/mol. The first-order valence-electron chi connectivity index (χ1n) is 4.95. The van der Waals surface area contributed by atoms with E-state index in [9.17, 15) is 5.11 Å². The van der Waals surface area contributed by atoms with Gasteiger partial charge in [-0.15, -0.1) is 0 Å². The number of hydrogen-bond acceptors (Lipinski definition) is 4. The van der Waals surface area contributed by atoms with Crippen molar-refractivity contribution in [3.63, 3.8) is 0 Å². The van der Waals surface area contributed by atoms with Crippen LogP contribution in [0.15, 0.2) is 18.6 Å². The van der Waals surface area contributed by atoms with Gasteiger partial charge in [0.15, 0.2) is 0 Å². The van der Waals surface area contributed by atoms with E-state index < -0.39 is 0 Å². The molecule has 0 saturated carbocycles. The zero-order valence-corrected chi connectivity index (χ0v) is 8.30. The molecule has 4 heteroatoms. The molecule has 76 valence electrons. The third-order valence-corrected chi connectivity index (χ3v) is 2.75. The van der Waals surface area contributed by atoms with Crippen molar-refractivity contribution in [3.05, 3.63) is 24.3 Å². The number of aliphatic hydroxyl groups is 1. The Morgan fingerprint density at radius 3 is 3.00 bits per heavy atom. The fourth-order valence-electron chi connectivity index (χ4n) is 1.83. The van der Waals surface area contributed by atoms with Crippen LogP contribution in [0, 0.1) is 0 Å². The molecule has 1 N–H and O–H groups in total. The van der Waals surface area contributed by atoms with E-state index in [0.29, 0.717) is 0 Å². The summed E-state index contributed by atoms with van der Waals surface area (Å²) in [6.45, 7) is 3.79. The molecular weight excluding hydrogens is 178 g/mol. The lowest BCUT2D eigenvalue weighted by atomic mass is 10.2. The third kappa shape index (κ3) is 1.91. The van der Waals surface area contributed by atoms with E-state index >= 15 is 0 Å². The van der Waals surface area contributed by atoms with Crippen molar-refractivity contribution in [2.24, 2.45) is 0 Å². The molecule has 0 unspecified atom stereocenters. The minimum absolute atomic E-state index is 0.172. The monoisotopic (exact) mass is 193 g/mol. The number of aromatic nitrogens is 2. The second-order valence-electron chi connectivity index (χ2n) is 3.74. The molecular formula is C10H15N3O. The molecule has 14 heavy (non-hydrogen) atoms. The van der Waals surface area contributed by atoms with Gasteiger partial charge in [0.1, 0.15) is 0 Å². The number of nitrogens with zero attached hydrogens (tertiary/aromatic N) is 3. The van der Waals surface area contributed by atoms with Crippen LogP contribution in [0.4, 0.5) is 0 Å². The van der Waals surface area contributed by atoms with E-state index in [2.05, 4.69) is 21.8 Å². The second-order valence-corrected chi connectivity index (χ2v) is 3.74. The summed E-state index contributed by atoms with van der Waals surface area (Å²) in [5, 5.41) is 9.42. The van der Waals surface area contributed by atoms with Crippen molar-refractivity contribution in [2.45, 2.75) is 25.5 Å². The number of aliphatic hydroxyl groups excluding tert-OH is 1. The minimum atomic E-state index is -0.172. The standard InChI is InChI=1S/C10H15N3O/c1-8(10-6-11-3-4-12-10)13-5-2-9(14)7-13/h3-4,6,8-9,14H,2,5,7H2,1H3/t8-,9+/m0/s1. The molecule has 2 heterocycles. The topological polar surface area (TPSA) is 49.2 Å². The summed E-state index contributed by atoms with van der Waals surface area (Å²) in [5.74, 6) is 0. The average Bonchev–Trinajstić information content (AvgIpc) is 2.65. The van der Waals surface area contributed by atoms with Crippen molar-refractivity contribution in [1.29, 1.82) is 0 Å². The van der Waals surface area contributed by atoms with Gasteiger partial charge in [-0.3, -0.25) is 14.9 Å². The molecule has 1 aliphatic rings. The summed E-state index contributed by atoms with van der Waals surface area (Å²) < 4.78 is 0. The van der Waals surface area contributed by atoms with Crippen LogP contribution in [-0.2, 0) is 0 Å². The van der Waals surface area contributed by atoms with Gasteiger partial charge < -0.3 is 5.11 Å². The highest BCUT2D eigenvalue weighted by molar-refractivity contribution is 5.02. The Morgan fingerprint density at radius 1 is 1.57 bits per heavy atom. The molecule has 1 aromatic heterocycles. The normalized spacial score (nSPS) is 25.1. The maximum absolute atomic E-state index is 9.42. The van der Waals surface area contributed by atoms with Crippen LogP contribution in [0.3, 0.4) is 0 Å². The predicted molar refractivity (Wildman–Crippen MR) is 52.6 cm³/mol. The van der Waals surface area contributed by atoms with Crippen LogP contribution in [0.25, 0.3) is 0 Å². The molecule has 2 atom stereocenters. The van der Waals surface area contributed by atoms with E-state index in [1.165, 1.54) is 0 Å². The lowest BCUT2D eigenvalue weighted by Gasteiger charge is -2.22. The third-order valence-electron chi connectivity index (χ3n) is 2.75. The lowest BCUT2D eigenvalue weighted by molar-refractivity contribution is 0.162. The summed E-state index contributed by atoms with van der Waals surface area (Å²) in [5.41, 5.74) is 0.974. The Balaban J connectivity index is 2.05. The quantitative estimate of drug-likeness (QED) is 0.747. The molecule has 0 aromatic carbocycles. The Labute approximate surface area is 83.6 Å². The van der Waals surface area contributed by atoms with Crippen molar-refractivity contribution >= 4 is 0 Å². The maximum Gasteiger partial charge on any atom is 0.0755 e. The van der Waals surface area contributed by atoms with Crippen molar-refractivity contribution in [3.8, 4) is 0 Å². The van der Waals surface area contributed by atoms with Crippen LogP contribution in [0.2, 0.25) is 0 Å². The summed E-state index contributed by atoms with van der Waals surface area (Å²) in [6.07, 6.45) is 5.86. The van der Waals surface area contributed by atoms with Gasteiger partial charge in [0.05, 0.1) is 17.8 Å². The molecule has 4 nitrogen and oxygen atoms in total. The molecule has 0 bridgehead atoms. The van der Waals surface area contributed by atoms with Crippen molar-refractivity contribution in [1.82, 2.24) is 14.9 Å². The van der Waals surface area contributed by atoms with Crippen LogP contribution in [0.1, 0.15) is 25.1 Å². The highest BCUT2D eigenvalue weighted by Crippen LogP contribution is 2.22. The Bertz CT molecular complexity index is 291. The molecule has 1 fully saturated rings. The van der Waals surface area contributed by atoms with E-state index in [0.717, 1.165) is 25.2 Å². The number of β-amino-alcohol motifs (C(OH)–C–C–N with tert-alkyl or cyclic N) is 1. The van der Waals surface area contributed by atoms with Crippen LogP contribution in [-0.4, -0.2) is 39.2 Å². The first kappa shape index (κ1) is 9.55. The van der Waals surface area contributed by atoms with Gasteiger partial charge in [-0.2, -0.15) is 0 Å². The summed E-state index contributed by atoms with van der Waals surface area (Å²) >= 11 is 0. The van der Waals surface area contributed by atoms with Gasteiger partial charge in [-0.1, -0.05) is 0 Å². The molecule has 1 aromatic rings. The first-order valence-corrected chi connectivity index (χ1v) is 4.95. The Morgan fingerprint density at radius 2 is 2.43 bits per heavy atom. The molecule has 0 aliphatic carbocycles. The minimum Gasteiger partial charge on any atom is -0.392 e. The second kappa shape index (κ2) is 4.02. The van der Waals surface area contributed by atoms with E-state index in [-0.39, 0.29) is 12.1 Å². The molecule has 0 radical (unpaired) electrons. The Hall–Kier alpha value is -1.00. The van der Waals surface area contributed by atoms with Crippen LogP contribution < -0.4 is 0 Å². The molecule has 2 rings (SSSR count). The molecule has 0 spiro atoms. The highest BCUT2D eigenvalue weighted by atomic mass is 16.3. The summed E-state index contributed by atoms with van der Waals surface area (Å²) in [4.78, 5) is 10.5. The van der Waals surface area contributed by atoms with Gasteiger partial charge in [-0.25, -0.2) is 0 Å². The molecule has 1 saturated heterocycles. The van der Waals surface area contributed by atoms with Crippen LogP contribution >= 0.6 is 0 Å². The number of rotatable bonds is 2. The molecule has 1 aliphatic heterocycles. The lowest BCUT2D eigenvalue weighted by Crippen LogP contribution is -2.26. The van der Waals surface area contributed by atoms with Gasteiger partial charge in [0.25, 0.3) is 0 Å². The van der Waals surface area contributed by atoms with Gasteiger partial charge in [0, 0.05) is 31.7 Å². The summed E-state index contributed by atoms with van der Waals surface area (Å²) in [7, 11) is 0. The maximum atomic E-state index is 9.42. The van der Waals surface area contributed by atoms with E-state index in [1.807, 2.05) is 0 Å². The number of likely N-dealkylation sites (tertiary alicyclic amines) is 1. The highest BCUT2D eigenvalue weighted by Gasteiger charge is 2.25. The first-order chi connectivity index (χ1) is 6.77. The smallest absolute Gasteiger partial charge is 0.0755 e. The van der Waals surface area contributed by atoms with Gasteiger partial charge >= 0.3 is 0 Å². The van der Waals surface area contributed by atoms with Gasteiger partial charge in [-0.05, 0) is 13.3 Å². The largest absolute Gasteiger partial charge is 0.392 e. The van der Waals surface area contributed by atoms with E-state index in [4.69, 9.17) is 0 Å². The van der Waals surface area contributed by atoms with E-state index in [1.54, 1.807) is 18.6 Å². The van der Waals surface area contributed by atoms with Crippen molar-refractivity contribution < 1.29 is 5.11 Å². The van der Waals surface area contributed by atoms with Gasteiger partial charge in [0.2, 0.25) is 0 Å². The zero-order valence-electron chi connectivity index (χ0n) is 8.30. The SMILES string of the molecule is C[C@@H](c1cnccn1)N1CC[C@@H](O)C1. The van der Waals surface area contributed by atoms with Crippen molar-refractivity contribution in [2.75, 3.05) is 13.1 Å². The zero-order chi connectivity index (χ0) is 9.97. The fourth-order valence-corrected chi connectivity index (χ4v) is 1.83. The van der Waals surface area contributed by atoms with Crippen LogP contribution in [0.5, 0.6) is 0 Å².